The number of aromatic nitrogens is 2. The Labute approximate surface area is 95.1 Å². The molecule has 0 aliphatic heterocycles. The van der Waals surface area contributed by atoms with Crippen molar-refractivity contribution in [1.29, 1.82) is 0 Å². The van der Waals surface area contributed by atoms with Crippen molar-refractivity contribution in [2.45, 2.75) is 46.5 Å². The molecule has 1 aromatic heterocycles. The number of hydrogen-bond donors (Lipinski definition) is 0. The summed E-state index contributed by atoms with van der Waals surface area (Å²) in [6.45, 7) is 6.27. The average molecular weight is 226 g/mol. The van der Waals surface area contributed by atoms with Gasteiger partial charge in [0.25, 0.3) is 0 Å². The molecule has 0 aliphatic carbocycles. The van der Waals surface area contributed by atoms with Gasteiger partial charge in [-0.2, -0.15) is 0 Å². The van der Waals surface area contributed by atoms with Crippen LogP contribution in [0.3, 0.4) is 0 Å². The number of Topliss-reactive ketones (excluding diaryl/α,β-unsaturated/α-hetero) is 1. The molecule has 0 bridgehead atoms. The molecule has 0 aromatic carbocycles. The molecule has 15 heavy (non-hydrogen) atoms. The number of ketones is 1. The fourth-order valence-electron chi connectivity index (χ4n) is 1.66. The molecular weight excluding hydrogens is 208 g/mol. The number of carbonyl (C=O) groups excluding carboxylic acids is 1. The molecule has 0 N–H and O–H groups in total. The van der Waals surface area contributed by atoms with Gasteiger partial charge >= 0.3 is 0 Å². The van der Waals surface area contributed by atoms with Crippen LogP contribution in [0.1, 0.15) is 55.4 Å². The lowest BCUT2D eigenvalue weighted by atomic mass is 9.98. The lowest BCUT2D eigenvalue weighted by molar-refractivity contribution is 0.0965. The fourth-order valence-corrected chi connectivity index (χ4v) is 2.35. The van der Waals surface area contributed by atoms with Crippen LogP contribution in [0.2, 0.25) is 0 Å². The largest absolute Gasteiger partial charge is 0.293 e. The second-order valence-corrected chi connectivity index (χ2v) is 4.68. The van der Waals surface area contributed by atoms with E-state index in [1.54, 1.807) is 0 Å². The molecule has 0 radical (unpaired) electrons. The third-order valence-corrected chi connectivity index (χ3v) is 3.27. The number of aryl methyl sites for hydroxylation is 1. The number of nitrogens with zero attached hydrogens (tertiary/aromatic N) is 2. The molecule has 0 saturated carbocycles. The van der Waals surface area contributed by atoms with E-state index in [9.17, 15) is 4.79 Å². The van der Waals surface area contributed by atoms with Crippen molar-refractivity contribution in [3.63, 3.8) is 0 Å². The molecule has 3 nitrogen and oxygen atoms in total. The van der Waals surface area contributed by atoms with Crippen molar-refractivity contribution in [3.8, 4) is 0 Å². The number of rotatable bonds is 6. The highest BCUT2D eigenvalue weighted by Crippen LogP contribution is 2.18. The Morgan fingerprint density at radius 2 is 2.20 bits per heavy atom. The van der Waals surface area contributed by atoms with Crippen LogP contribution < -0.4 is 0 Å². The molecule has 0 saturated heterocycles. The molecule has 84 valence electrons. The first kappa shape index (κ1) is 12.3. The second-order valence-electron chi connectivity index (χ2n) is 3.92. The first-order valence-corrected chi connectivity index (χ1v) is 6.30. The summed E-state index contributed by atoms with van der Waals surface area (Å²) in [7, 11) is 0. The Morgan fingerprint density at radius 1 is 1.47 bits per heavy atom. The Bertz CT molecular complexity index is 322. The topological polar surface area (TPSA) is 42.9 Å². The minimum absolute atomic E-state index is 0.211. The zero-order chi connectivity index (χ0) is 11.3. The summed E-state index contributed by atoms with van der Waals surface area (Å²) < 4.78 is 3.84. The van der Waals surface area contributed by atoms with Crippen molar-refractivity contribution in [3.05, 3.63) is 10.6 Å². The van der Waals surface area contributed by atoms with Gasteiger partial charge in [-0.05, 0) is 23.9 Å². The molecule has 4 heteroatoms. The summed E-state index contributed by atoms with van der Waals surface area (Å²) in [6, 6.07) is 0. The molecule has 0 fully saturated rings. The van der Waals surface area contributed by atoms with E-state index < -0.39 is 0 Å². The van der Waals surface area contributed by atoms with E-state index in [-0.39, 0.29) is 5.78 Å². The summed E-state index contributed by atoms with van der Waals surface area (Å²) in [6.07, 6.45) is 3.67. The normalized spacial score (nSPS) is 12.7. The highest BCUT2D eigenvalue weighted by molar-refractivity contribution is 7.08. The van der Waals surface area contributed by atoms with E-state index in [4.69, 9.17) is 0 Å². The van der Waals surface area contributed by atoms with Gasteiger partial charge in [-0.1, -0.05) is 38.1 Å². The van der Waals surface area contributed by atoms with Crippen molar-refractivity contribution in [2.24, 2.45) is 5.92 Å². The quantitative estimate of drug-likeness (QED) is 0.700. The first-order valence-electron chi connectivity index (χ1n) is 5.53. The van der Waals surface area contributed by atoms with E-state index in [0.717, 1.165) is 29.8 Å². The van der Waals surface area contributed by atoms with E-state index in [1.165, 1.54) is 11.5 Å². The van der Waals surface area contributed by atoms with Gasteiger partial charge in [0.1, 0.15) is 4.88 Å². The predicted octanol–water partition coefficient (Wildman–Crippen LogP) is 3.11. The summed E-state index contributed by atoms with van der Waals surface area (Å²) in [5.74, 6) is 0.678. The van der Waals surface area contributed by atoms with Crippen molar-refractivity contribution in [2.75, 3.05) is 0 Å². The summed E-state index contributed by atoms with van der Waals surface area (Å²) in [5, 5.41) is 3.96. The molecule has 1 unspecified atom stereocenters. The maximum Gasteiger partial charge on any atom is 0.176 e. The van der Waals surface area contributed by atoms with Gasteiger partial charge in [0.2, 0.25) is 0 Å². The highest BCUT2D eigenvalue weighted by Gasteiger charge is 2.17. The third-order valence-electron chi connectivity index (χ3n) is 2.46. The van der Waals surface area contributed by atoms with Crippen LogP contribution in [0, 0.1) is 5.92 Å². The smallest absolute Gasteiger partial charge is 0.176 e. The fraction of sp³-hybridized carbons (Fsp3) is 0.727. The molecule has 0 aliphatic rings. The molecule has 1 heterocycles. The van der Waals surface area contributed by atoms with Crippen molar-refractivity contribution in [1.82, 2.24) is 9.59 Å². The van der Waals surface area contributed by atoms with E-state index >= 15 is 0 Å². The molecule has 1 rings (SSSR count). The van der Waals surface area contributed by atoms with Gasteiger partial charge in [0.05, 0.1) is 5.69 Å². The zero-order valence-corrected chi connectivity index (χ0v) is 10.4. The SMILES string of the molecule is CCCC(C)CC(=O)c1snnc1CC. The Hall–Kier alpha value is -0.770. The number of hydrogen-bond acceptors (Lipinski definition) is 4. The summed E-state index contributed by atoms with van der Waals surface area (Å²) in [4.78, 5) is 12.7. The number of carbonyl (C=O) groups is 1. The molecule has 0 spiro atoms. The van der Waals surface area contributed by atoms with Crippen LogP contribution in [0.4, 0.5) is 0 Å². The zero-order valence-electron chi connectivity index (χ0n) is 9.62. The van der Waals surface area contributed by atoms with Gasteiger partial charge in [-0.25, -0.2) is 0 Å². The van der Waals surface area contributed by atoms with Gasteiger partial charge < -0.3 is 0 Å². The molecular formula is C11H18N2OS. The third kappa shape index (κ3) is 3.38. The summed E-state index contributed by atoms with van der Waals surface area (Å²) >= 11 is 1.23. The Kier molecular flexibility index (Phi) is 4.88. The van der Waals surface area contributed by atoms with Crippen molar-refractivity contribution >= 4 is 17.3 Å². The lowest BCUT2D eigenvalue weighted by Gasteiger charge is -2.07. The summed E-state index contributed by atoms with van der Waals surface area (Å²) in [5.41, 5.74) is 0.855. The van der Waals surface area contributed by atoms with Crippen LogP contribution >= 0.6 is 11.5 Å². The van der Waals surface area contributed by atoms with E-state index in [2.05, 4.69) is 23.4 Å². The van der Waals surface area contributed by atoms with Gasteiger partial charge in [-0.3, -0.25) is 4.79 Å². The minimum Gasteiger partial charge on any atom is -0.293 e. The Balaban J connectivity index is 2.61. The highest BCUT2D eigenvalue weighted by atomic mass is 32.1. The molecule has 0 amide bonds. The first-order chi connectivity index (χ1) is 7.19. The van der Waals surface area contributed by atoms with E-state index in [1.807, 2.05) is 6.92 Å². The van der Waals surface area contributed by atoms with Crippen LogP contribution in [0.15, 0.2) is 0 Å². The molecule has 1 aromatic rings. The van der Waals surface area contributed by atoms with Gasteiger partial charge in [-0.15, -0.1) is 5.10 Å². The van der Waals surface area contributed by atoms with Gasteiger partial charge in [0.15, 0.2) is 5.78 Å². The predicted molar refractivity (Wildman–Crippen MR) is 62.3 cm³/mol. The average Bonchev–Trinajstić information content (AvgIpc) is 2.65. The van der Waals surface area contributed by atoms with Crippen molar-refractivity contribution < 1.29 is 4.79 Å². The Morgan fingerprint density at radius 3 is 2.80 bits per heavy atom. The lowest BCUT2D eigenvalue weighted by Crippen LogP contribution is -2.06. The van der Waals surface area contributed by atoms with Gasteiger partial charge in [0, 0.05) is 6.42 Å². The van der Waals surface area contributed by atoms with Crippen LogP contribution in [-0.4, -0.2) is 15.4 Å². The standard InChI is InChI=1S/C11H18N2OS/c1-4-6-8(3)7-10(14)11-9(5-2)12-13-15-11/h8H,4-7H2,1-3H3. The molecule has 1 atom stereocenters. The maximum absolute atomic E-state index is 11.9. The van der Waals surface area contributed by atoms with Crippen LogP contribution in [0.5, 0.6) is 0 Å². The maximum atomic E-state index is 11.9. The monoisotopic (exact) mass is 226 g/mol. The van der Waals surface area contributed by atoms with E-state index in [0.29, 0.717) is 12.3 Å². The van der Waals surface area contributed by atoms with Crippen LogP contribution in [0.25, 0.3) is 0 Å². The minimum atomic E-state index is 0.211. The second kappa shape index (κ2) is 5.95. The van der Waals surface area contributed by atoms with Crippen LogP contribution in [-0.2, 0) is 6.42 Å².